The van der Waals surface area contributed by atoms with E-state index in [1.165, 1.54) is 6.07 Å². The van der Waals surface area contributed by atoms with Gasteiger partial charge in [0.2, 0.25) is 0 Å². The number of carbonyl (C=O) groups excluding carboxylic acids is 1. The van der Waals surface area contributed by atoms with Crippen LogP contribution in [0.2, 0.25) is 0 Å². The smallest absolute Gasteiger partial charge is 0.166 e. The Morgan fingerprint density at radius 3 is 2.83 bits per heavy atom. The van der Waals surface area contributed by atoms with Crippen LogP contribution in [0.15, 0.2) is 12.1 Å². The number of hydrogen-bond acceptors (Lipinski definition) is 2. The van der Waals surface area contributed by atoms with Gasteiger partial charge in [0.05, 0.1) is 5.56 Å². The standard InChI is InChI=1S/C9H8FNO/c10-7-4-6(11)3-5-1-2-8(12)9(5)7/h3-4H,1-2,11H2. The van der Waals surface area contributed by atoms with E-state index in [2.05, 4.69) is 0 Å². The molecule has 0 heterocycles. The third-order valence-electron chi connectivity index (χ3n) is 2.09. The summed E-state index contributed by atoms with van der Waals surface area (Å²) in [5, 5.41) is 0. The normalized spacial score (nSPS) is 14.9. The minimum absolute atomic E-state index is 0.109. The highest BCUT2D eigenvalue weighted by atomic mass is 19.1. The number of carbonyl (C=O) groups is 1. The van der Waals surface area contributed by atoms with Gasteiger partial charge in [0.15, 0.2) is 5.78 Å². The molecule has 0 bridgehead atoms. The monoisotopic (exact) mass is 165 g/mol. The van der Waals surface area contributed by atoms with Gasteiger partial charge in [-0.15, -0.1) is 0 Å². The molecule has 1 aliphatic carbocycles. The van der Waals surface area contributed by atoms with Crippen LogP contribution in [-0.4, -0.2) is 5.78 Å². The summed E-state index contributed by atoms with van der Waals surface area (Å²) in [5.41, 5.74) is 6.80. The van der Waals surface area contributed by atoms with Crippen LogP contribution in [0.5, 0.6) is 0 Å². The highest BCUT2D eigenvalue weighted by Crippen LogP contribution is 2.26. The first kappa shape index (κ1) is 7.28. The maximum atomic E-state index is 13.1. The summed E-state index contributed by atoms with van der Waals surface area (Å²) >= 11 is 0. The molecule has 2 N–H and O–H groups in total. The van der Waals surface area contributed by atoms with E-state index in [-0.39, 0.29) is 11.3 Å². The van der Waals surface area contributed by atoms with E-state index < -0.39 is 5.82 Å². The Morgan fingerprint density at radius 2 is 2.08 bits per heavy atom. The first-order valence-corrected chi connectivity index (χ1v) is 3.79. The van der Waals surface area contributed by atoms with Crippen molar-refractivity contribution in [1.82, 2.24) is 0 Å². The molecule has 0 amide bonds. The predicted molar refractivity (Wildman–Crippen MR) is 43.5 cm³/mol. The molecule has 0 aromatic heterocycles. The van der Waals surface area contributed by atoms with E-state index in [0.29, 0.717) is 18.5 Å². The second-order valence-corrected chi connectivity index (χ2v) is 2.96. The van der Waals surface area contributed by atoms with Gasteiger partial charge in [-0.05, 0) is 24.1 Å². The third kappa shape index (κ3) is 0.897. The molecule has 12 heavy (non-hydrogen) atoms. The number of benzene rings is 1. The van der Waals surface area contributed by atoms with Crippen LogP contribution >= 0.6 is 0 Å². The van der Waals surface area contributed by atoms with Gasteiger partial charge in [0.1, 0.15) is 5.82 Å². The first-order valence-electron chi connectivity index (χ1n) is 3.79. The third-order valence-corrected chi connectivity index (χ3v) is 2.09. The van der Waals surface area contributed by atoms with Gasteiger partial charge in [-0.3, -0.25) is 4.79 Å². The summed E-state index contributed by atoms with van der Waals surface area (Å²) in [6.45, 7) is 0. The van der Waals surface area contributed by atoms with E-state index in [4.69, 9.17) is 5.73 Å². The topological polar surface area (TPSA) is 43.1 Å². The number of hydrogen-bond donors (Lipinski definition) is 1. The van der Waals surface area contributed by atoms with Gasteiger partial charge in [-0.2, -0.15) is 0 Å². The summed E-state index contributed by atoms with van der Waals surface area (Å²) in [6, 6.07) is 2.87. The van der Waals surface area contributed by atoms with Crippen molar-refractivity contribution in [3.8, 4) is 0 Å². The molecule has 2 nitrogen and oxygen atoms in total. The minimum atomic E-state index is -0.479. The van der Waals surface area contributed by atoms with Gasteiger partial charge < -0.3 is 5.73 Å². The lowest BCUT2D eigenvalue weighted by atomic mass is 10.1. The van der Waals surface area contributed by atoms with E-state index in [1.807, 2.05) is 0 Å². The van der Waals surface area contributed by atoms with Crippen molar-refractivity contribution < 1.29 is 9.18 Å². The van der Waals surface area contributed by atoms with Crippen molar-refractivity contribution in [2.24, 2.45) is 0 Å². The lowest BCUT2D eigenvalue weighted by Crippen LogP contribution is -1.98. The second-order valence-electron chi connectivity index (χ2n) is 2.96. The van der Waals surface area contributed by atoms with E-state index >= 15 is 0 Å². The van der Waals surface area contributed by atoms with Crippen LogP contribution < -0.4 is 5.73 Å². The zero-order valence-electron chi connectivity index (χ0n) is 6.43. The zero-order valence-corrected chi connectivity index (χ0v) is 6.43. The first-order chi connectivity index (χ1) is 5.68. The fraction of sp³-hybridized carbons (Fsp3) is 0.222. The van der Waals surface area contributed by atoms with E-state index in [9.17, 15) is 9.18 Å². The lowest BCUT2D eigenvalue weighted by molar-refractivity contribution is 0.0991. The summed E-state index contributed by atoms with van der Waals surface area (Å²) in [5.74, 6) is -0.588. The number of rotatable bonds is 0. The lowest BCUT2D eigenvalue weighted by Gasteiger charge is -2.00. The van der Waals surface area contributed by atoms with Crippen molar-refractivity contribution in [1.29, 1.82) is 0 Å². The number of fused-ring (bicyclic) bond motifs is 1. The number of halogens is 1. The van der Waals surface area contributed by atoms with Crippen molar-refractivity contribution in [2.75, 3.05) is 5.73 Å². The Bertz CT molecular complexity index is 360. The van der Waals surface area contributed by atoms with Crippen LogP contribution in [-0.2, 0) is 6.42 Å². The number of ketones is 1. The van der Waals surface area contributed by atoms with Gasteiger partial charge in [0, 0.05) is 12.1 Å². The molecule has 0 fully saturated rings. The van der Waals surface area contributed by atoms with Crippen LogP contribution in [0, 0.1) is 5.82 Å². The maximum absolute atomic E-state index is 13.1. The Balaban J connectivity index is 2.68. The second kappa shape index (κ2) is 2.30. The summed E-state index contributed by atoms with van der Waals surface area (Å²) < 4.78 is 13.1. The molecule has 0 atom stereocenters. The summed E-state index contributed by atoms with van der Waals surface area (Å²) in [7, 11) is 0. The summed E-state index contributed by atoms with van der Waals surface area (Å²) in [4.78, 5) is 11.1. The van der Waals surface area contributed by atoms with Gasteiger partial charge in [-0.1, -0.05) is 0 Å². The van der Waals surface area contributed by atoms with Crippen LogP contribution in [0.3, 0.4) is 0 Å². The predicted octanol–water partition coefficient (Wildman–Crippen LogP) is 1.54. The molecule has 2 rings (SSSR count). The zero-order chi connectivity index (χ0) is 8.72. The Kier molecular flexibility index (Phi) is 1.40. The molecule has 1 aromatic carbocycles. The van der Waals surface area contributed by atoms with Gasteiger partial charge in [0.25, 0.3) is 0 Å². The van der Waals surface area contributed by atoms with Crippen molar-refractivity contribution >= 4 is 11.5 Å². The van der Waals surface area contributed by atoms with Crippen LogP contribution in [0.1, 0.15) is 22.3 Å². The summed E-state index contributed by atoms with van der Waals surface area (Å²) in [6.07, 6.45) is 1.03. The average Bonchev–Trinajstić information content (AvgIpc) is 2.31. The van der Waals surface area contributed by atoms with Crippen LogP contribution in [0.4, 0.5) is 10.1 Å². The molecule has 0 saturated heterocycles. The molecular weight excluding hydrogens is 157 g/mol. The SMILES string of the molecule is Nc1cc(F)c2c(c1)CCC2=O. The Morgan fingerprint density at radius 1 is 1.33 bits per heavy atom. The van der Waals surface area contributed by atoms with Crippen molar-refractivity contribution in [3.63, 3.8) is 0 Å². The molecule has 1 aromatic rings. The molecule has 0 radical (unpaired) electrons. The van der Waals surface area contributed by atoms with E-state index in [0.717, 1.165) is 5.56 Å². The van der Waals surface area contributed by atoms with Gasteiger partial charge >= 0.3 is 0 Å². The number of aryl methyl sites for hydroxylation is 1. The number of nitrogen functional groups attached to an aromatic ring is 1. The fourth-order valence-electron chi connectivity index (χ4n) is 1.57. The highest BCUT2D eigenvalue weighted by Gasteiger charge is 2.23. The number of Topliss-reactive ketones (excluding diaryl/α,β-unsaturated/α-hetero) is 1. The molecule has 0 aliphatic heterocycles. The molecule has 1 aliphatic rings. The molecule has 0 spiro atoms. The highest BCUT2D eigenvalue weighted by molar-refractivity contribution is 6.01. The molecule has 0 saturated carbocycles. The minimum Gasteiger partial charge on any atom is -0.399 e. The number of nitrogens with two attached hydrogens (primary N) is 1. The maximum Gasteiger partial charge on any atom is 0.166 e. The largest absolute Gasteiger partial charge is 0.399 e. The molecular formula is C9H8FNO. The molecule has 62 valence electrons. The van der Waals surface area contributed by atoms with Crippen molar-refractivity contribution in [3.05, 3.63) is 29.1 Å². The van der Waals surface area contributed by atoms with E-state index in [1.54, 1.807) is 6.07 Å². The molecule has 0 unspecified atom stereocenters. The fourth-order valence-corrected chi connectivity index (χ4v) is 1.57. The number of anilines is 1. The van der Waals surface area contributed by atoms with Crippen LogP contribution in [0.25, 0.3) is 0 Å². The molecule has 3 heteroatoms. The van der Waals surface area contributed by atoms with Gasteiger partial charge in [-0.25, -0.2) is 4.39 Å². The Hall–Kier alpha value is -1.38. The average molecular weight is 165 g/mol. The van der Waals surface area contributed by atoms with Crippen molar-refractivity contribution in [2.45, 2.75) is 12.8 Å². The Labute approximate surface area is 69.2 Å². The quantitative estimate of drug-likeness (QED) is 0.592.